The molecule has 8 nitrogen and oxygen atoms in total. The molecule has 1 fully saturated rings. The van der Waals surface area contributed by atoms with Gasteiger partial charge in [0.2, 0.25) is 10.0 Å². The summed E-state index contributed by atoms with van der Waals surface area (Å²) < 4.78 is 27.3. The number of sulfonamides is 1. The van der Waals surface area contributed by atoms with Gasteiger partial charge in [-0.15, -0.1) is 0 Å². The molecule has 1 saturated heterocycles. The predicted molar refractivity (Wildman–Crippen MR) is 154 cm³/mol. The second-order valence-corrected chi connectivity index (χ2v) is 12.8. The van der Waals surface area contributed by atoms with Crippen LogP contribution in [0.2, 0.25) is 10.0 Å². The molecule has 208 valence electrons. The Kier molecular flexibility index (Phi) is 8.90. The Balaban J connectivity index is 1.60. The maximum atomic E-state index is 13.0. The molecule has 0 bridgehead atoms. The summed E-state index contributed by atoms with van der Waals surface area (Å²) in [5, 5.41) is 22.9. The fourth-order valence-corrected chi connectivity index (χ4v) is 6.11. The standard InChI is InChI=1S/C28H31Cl2N3O5S/c1-28(17-34,18-35)31-27(36)21-4-3-5-24(14-21)33(39(2,37)38)25-15-32(16-25)26(19-6-10-22(29)11-7-19)20-8-12-23(30)13-9-20/h3-14,25-26,34-35H,15-18H2,1-2H3,(H,31,36). The van der Waals surface area contributed by atoms with Crippen molar-refractivity contribution in [2.75, 3.05) is 36.9 Å². The summed E-state index contributed by atoms with van der Waals surface area (Å²) in [6.45, 7) is 1.51. The topological polar surface area (TPSA) is 110 Å². The fourth-order valence-electron chi connectivity index (χ4n) is 4.68. The minimum absolute atomic E-state index is 0.135. The number of nitrogens with one attached hydrogen (secondary N) is 1. The van der Waals surface area contributed by atoms with Crippen molar-refractivity contribution in [2.24, 2.45) is 0 Å². The molecular formula is C28H31Cl2N3O5S. The number of carbonyl (C=O) groups excluding carboxylic acids is 1. The molecule has 0 radical (unpaired) electrons. The molecule has 3 aromatic carbocycles. The van der Waals surface area contributed by atoms with E-state index >= 15 is 0 Å². The molecule has 1 amide bonds. The van der Waals surface area contributed by atoms with Gasteiger partial charge in [-0.2, -0.15) is 0 Å². The summed E-state index contributed by atoms with van der Waals surface area (Å²) >= 11 is 12.2. The van der Waals surface area contributed by atoms with Crippen LogP contribution in [0.15, 0.2) is 72.8 Å². The Bertz CT molecular complexity index is 1360. The third kappa shape index (κ3) is 6.74. The zero-order valence-corrected chi connectivity index (χ0v) is 23.9. The van der Waals surface area contributed by atoms with Crippen LogP contribution < -0.4 is 9.62 Å². The average molecular weight is 593 g/mol. The number of amides is 1. The molecule has 11 heteroatoms. The van der Waals surface area contributed by atoms with Crippen LogP contribution in [-0.2, 0) is 10.0 Å². The molecule has 0 atom stereocenters. The monoisotopic (exact) mass is 591 g/mol. The highest BCUT2D eigenvalue weighted by Gasteiger charge is 2.41. The van der Waals surface area contributed by atoms with E-state index in [9.17, 15) is 23.4 Å². The largest absolute Gasteiger partial charge is 0.394 e. The predicted octanol–water partition coefficient (Wildman–Crippen LogP) is 3.71. The third-order valence-electron chi connectivity index (χ3n) is 6.79. The van der Waals surface area contributed by atoms with Crippen molar-refractivity contribution in [1.82, 2.24) is 10.2 Å². The van der Waals surface area contributed by atoms with Crippen LogP contribution in [0.1, 0.15) is 34.5 Å². The summed E-state index contributed by atoms with van der Waals surface area (Å²) in [4.78, 5) is 15.0. The van der Waals surface area contributed by atoms with Crippen LogP contribution in [0.5, 0.6) is 0 Å². The lowest BCUT2D eigenvalue weighted by atomic mass is 9.93. The molecule has 0 aliphatic carbocycles. The molecule has 1 aliphatic heterocycles. The Morgan fingerprint density at radius 2 is 1.51 bits per heavy atom. The lowest BCUT2D eigenvalue weighted by Crippen LogP contribution is -2.61. The molecule has 0 saturated carbocycles. The Morgan fingerprint density at radius 3 is 1.97 bits per heavy atom. The molecule has 4 rings (SSSR count). The highest BCUT2D eigenvalue weighted by molar-refractivity contribution is 7.92. The third-order valence-corrected chi connectivity index (χ3v) is 8.52. The van der Waals surface area contributed by atoms with Gasteiger partial charge in [-0.3, -0.25) is 14.0 Å². The van der Waals surface area contributed by atoms with Crippen LogP contribution in [0, 0.1) is 0 Å². The number of likely N-dealkylation sites (tertiary alicyclic amines) is 1. The first-order valence-electron chi connectivity index (χ1n) is 12.3. The van der Waals surface area contributed by atoms with Crippen molar-refractivity contribution in [3.05, 3.63) is 99.5 Å². The van der Waals surface area contributed by atoms with Gasteiger partial charge in [0.05, 0.1) is 42.8 Å². The zero-order valence-electron chi connectivity index (χ0n) is 21.6. The summed E-state index contributed by atoms with van der Waals surface area (Å²) in [6.07, 6.45) is 1.15. The number of hydrogen-bond acceptors (Lipinski definition) is 6. The molecule has 0 spiro atoms. The smallest absolute Gasteiger partial charge is 0.251 e. The first kappa shape index (κ1) is 29.3. The molecule has 1 aliphatic rings. The van der Waals surface area contributed by atoms with Gasteiger partial charge >= 0.3 is 0 Å². The van der Waals surface area contributed by atoms with Crippen LogP contribution in [0.25, 0.3) is 0 Å². The number of halogens is 2. The lowest BCUT2D eigenvalue weighted by molar-refractivity contribution is 0.0724. The number of hydrogen-bond donors (Lipinski definition) is 3. The van der Waals surface area contributed by atoms with Gasteiger partial charge in [0.25, 0.3) is 5.91 Å². The van der Waals surface area contributed by atoms with Crippen LogP contribution in [0.4, 0.5) is 5.69 Å². The second-order valence-electron chi connectivity index (χ2n) is 10.1. The van der Waals surface area contributed by atoms with Gasteiger partial charge in [0, 0.05) is 28.7 Å². The van der Waals surface area contributed by atoms with Crippen LogP contribution >= 0.6 is 23.2 Å². The molecule has 0 aromatic heterocycles. The molecule has 1 heterocycles. The van der Waals surface area contributed by atoms with E-state index < -0.39 is 34.7 Å². The van der Waals surface area contributed by atoms with Crippen molar-refractivity contribution >= 4 is 44.8 Å². The van der Waals surface area contributed by atoms with Crippen molar-refractivity contribution in [1.29, 1.82) is 0 Å². The number of anilines is 1. The van der Waals surface area contributed by atoms with E-state index in [1.807, 2.05) is 48.5 Å². The van der Waals surface area contributed by atoms with Gasteiger partial charge in [0.15, 0.2) is 0 Å². The van der Waals surface area contributed by atoms with E-state index in [4.69, 9.17) is 23.2 Å². The minimum atomic E-state index is -3.69. The quantitative estimate of drug-likeness (QED) is 0.331. The molecule has 39 heavy (non-hydrogen) atoms. The highest BCUT2D eigenvalue weighted by Crippen LogP contribution is 2.36. The van der Waals surface area contributed by atoms with E-state index in [0.717, 1.165) is 17.4 Å². The molecule has 0 unspecified atom stereocenters. The number of nitrogens with zero attached hydrogens (tertiary/aromatic N) is 2. The number of aliphatic hydroxyl groups is 2. The maximum Gasteiger partial charge on any atom is 0.251 e. The molecule has 3 N–H and O–H groups in total. The van der Waals surface area contributed by atoms with E-state index in [2.05, 4.69) is 10.2 Å². The zero-order chi connectivity index (χ0) is 28.4. The lowest BCUT2D eigenvalue weighted by Gasteiger charge is -2.48. The Morgan fingerprint density at radius 1 is 1.00 bits per heavy atom. The van der Waals surface area contributed by atoms with E-state index in [-0.39, 0.29) is 17.6 Å². The number of benzene rings is 3. The summed E-state index contributed by atoms with van der Waals surface area (Å²) in [7, 11) is -3.69. The fraction of sp³-hybridized carbons (Fsp3) is 0.321. The first-order chi connectivity index (χ1) is 18.4. The van der Waals surface area contributed by atoms with Gasteiger partial charge in [-0.1, -0.05) is 53.5 Å². The van der Waals surface area contributed by atoms with Gasteiger partial charge in [-0.05, 0) is 60.5 Å². The minimum Gasteiger partial charge on any atom is -0.394 e. The number of carbonyl (C=O) groups is 1. The SMILES string of the molecule is CC(CO)(CO)NC(=O)c1cccc(N(C2CN(C(c3ccc(Cl)cc3)c3ccc(Cl)cc3)C2)S(C)(=O)=O)c1. The van der Waals surface area contributed by atoms with Crippen LogP contribution in [-0.4, -0.2) is 73.6 Å². The van der Waals surface area contributed by atoms with Crippen molar-refractivity contribution < 1.29 is 23.4 Å². The summed E-state index contributed by atoms with van der Waals surface area (Å²) in [5.74, 6) is -0.531. The van der Waals surface area contributed by atoms with Crippen molar-refractivity contribution in [3.8, 4) is 0 Å². The maximum absolute atomic E-state index is 13.0. The molecular weight excluding hydrogens is 561 g/mol. The van der Waals surface area contributed by atoms with E-state index in [1.54, 1.807) is 18.2 Å². The van der Waals surface area contributed by atoms with E-state index in [0.29, 0.717) is 28.8 Å². The van der Waals surface area contributed by atoms with Gasteiger partial charge in [-0.25, -0.2) is 8.42 Å². The highest BCUT2D eigenvalue weighted by atomic mass is 35.5. The normalized spacial score (nSPS) is 14.7. The first-order valence-corrected chi connectivity index (χ1v) is 14.9. The summed E-state index contributed by atoms with van der Waals surface area (Å²) in [6, 6.07) is 21.0. The van der Waals surface area contributed by atoms with E-state index in [1.165, 1.54) is 17.3 Å². The van der Waals surface area contributed by atoms with Gasteiger partial charge < -0.3 is 15.5 Å². The average Bonchev–Trinajstić information content (AvgIpc) is 2.88. The number of rotatable bonds is 10. The van der Waals surface area contributed by atoms with Crippen molar-refractivity contribution in [3.63, 3.8) is 0 Å². The number of aliphatic hydroxyl groups excluding tert-OH is 2. The van der Waals surface area contributed by atoms with Crippen molar-refractivity contribution in [2.45, 2.75) is 24.5 Å². The summed E-state index contributed by atoms with van der Waals surface area (Å²) in [5.41, 5.74) is 1.39. The van der Waals surface area contributed by atoms with Crippen LogP contribution in [0.3, 0.4) is 0 Å². The van der Waals surface area contributed by atoms with Gasteiger partial charge in [0.1, 0.15) is 0 Å². The Hall–Kier alpha value is -2.66. The Labute approximate surface area is 238 Å². The molecule has 3 aromatic rings. The second kappa shape index (κ2) is 11.8.